The second-order valence-electron chi connectivity index (χ2n) is 7.18. The maximum absolute atomic E-state index is 12.2. The normalized spacial score (nSPS) is 12.4. The smallest absolute Gasteiger partial charge is 0.407 e. The van der Waals surface area contributed by atoms with E-state index in [0.717, 1.165) is 0 Å². The second kappa shape index (κ2) is 9.26. The molecule has 1 heterocycles. The van der Waals surface area contributed by atoms with Gasteiger partial charge in [0.15, 0.2) is 0 Å². The molecule has 6 nitrogen and oxygen atoms in total. The predicted molar refractivity (Wildman–Crippen MR) is 118 cm³/mol. The van der Waals surface area contributed by atoms with E-state index >= 15 is 0 Å². The molecule has 31 heavy (non-hydrogen) atoms. The number of carboxylic acid groups (broad SMARTS) is 1. The number of carboxylic acids is 1. The van der Waals surface area contributed by atoms with Gasteiger partial charge in [-0.05, 0) is 46.9 Å². The van der Waals surface area contributed by atoms with Crippen LogP contribution in [0.2, 0.25) is 0 Å². The van der Waals surface area contributed by atoms with Gasteiger partial charge >= 0.3 is 12.1 Å². The number of fused-ring (bicyclic) bond motifs is 3. The lowest BCUT2D eigenvalue weighted by atomic mass is 9.98. The van der Waals surface area contributed by atoms with E-state index in [1.54, 1.807) is 24.4 Å². The fourth-order valence-corrected chi connectivity index (χ4v) is 3.83. The molecule has 2 aromatic carbocycles. The number of carbonyl (C=O) groups is 2. The Balaban J connectivity index is 1.29. The van der Waals surface area contributed by atoms with Gasteiger partial charge in [-0.25, -0.2) is 9.59 Å². The lowest BCUT2D eigenvalue weighted by Crippen LogP contribution is -2.26. The lowest BCUT2D eigenvalue weighted by Gasteiger charge is -2.14. The first-order valence-corrected chi connectivity index (χ1v) is 10.1. The number of pyridine rings is 1. The number of carbonyl (C=O) groups excluding carboxylic acids is 1. The van der Waals surface area contributed by atoms with Gasteiger partial charge in [-0.3, -0.25) is 4.98 Å². The highest BCUT2D eigenvalue weighted by Gasteiger charge is 2.28. The number of benzene rings is 2. The molecule has 0 spiro atoms. The zero-order valence-corrected chi connectivity index (χ0v) is 16.8. The average Bonchev–Trinajstić information content (AvgIpc) is 3.11. The van der Waals surface area contributed by atoms with Gasteiger partial charge in [0.1, 0.15) is 6.61 Å². The van der Waals surface area contributed by atoms with Crippen molar-refractivity contribution in [1.82, 2.24) is 10.3 Å². The number of ether oxygens (including phenoxy) is 1. The van der Waals surface area contributed by atoms with Crippen molar-refractivity contribution >= 4 is 18.1 Å². The molecule has 6 heteroatoms. The molecular formula is C25H22N2O4. The van der Waals surface area contributed by atoms with Crippen LogP contribution in [0, 0.1) is 0 Å². The third-order valence-electron chi connectivity index (χ3n) is 5.27. The topological polar surface area (TPSA) is 88.5 Å². The number of nitrogens with one attached hydrogen (secondary N) is 1. The van der Waals surface area contributed by atoms with E-state index in [0.29, 0.717) is 18.7 Å². The molecule has 4 rings (SSSR count). The number of nitrogens with zero attached hydrogens (tertiary/aromatic N) is 1. The highest BCUT2D eigenvalue weighted by atomic mass is 16.5. The van der Waals surface area contributed by atoms with Crippen molar-refractivity contribution in [3.8, 4) is 11.1 Å². The Bertz CT molecular complexity index is 1090. The van der Waals surface area contributed by atoms with Crippen molar-refractivity contribution in [3.63, 3.8) is 0 Å². The fraction of sp³-hybridized carbons (Fsp3) is 0.160. The maximum atomic E-state index is 12.2. The van der Waals surface area contributed by atoms with Gasteiger partial charge in [-0.1, -0.05) is 54.6 Å². The molecule has 0 saturated carbocycles. The predicted octanol–water partition coefficient (Wildman–Crippen LogP) is 4.72. The second-order valence-corrected chi connectivity index (χ2v) is 7.18. The summed E-state index contributed by atoms with van der Waals surface area (Å²) in [5.41, 5.74) is 5.24. The van der Waals surface area contributed by atoms with Crippen LogP contribution in [-0.4, -0.2) is 35.3 Å². The van der Waals surface area contributed by atoms with Gasteiger partial charge in [0.05, 0.1) is 11.3 Å². The molecule has 2 N–H and O–H groups in total. The summed E-state index contributed by atoms with van der Waals surface area (Å²) in [4.78, 5) is 27.4. The van der Waals surface area contributed by atoms with Gasteiger partial charge in [-0.2, -0.15) is 0 Å². The van der Waals surface area contributed by atoms with Crippen LogP contribution < -0.4 is 5.32 Å². The molecule has 3 aromatic rings. The summed E-state index contributed by atoms with van der Waals surface area (Å²) in [6.07, 6.45) is 5.02. The number of hydrogen-bond donors (Lipinski definition) is 2. The molecule has 0 bridgehead atoms. The van der Waals surface area contributed by atoms with Crippen LogP contribution >= 0.6 is 0 Å². The zero-order valence-electron chi connectivity index (χ0n) is 16.8. The molecule has 1 amide bonds. The number of hydrogen-bond acceptors (Lipinski definition) is 4. The van der Waals surface area contributed by atoms with Crippen LogP contribution in [0.15, 0.2) is 72.9 Å². The van der Waals surface area contributed by atoms with Crippen LogP contribution in [0.5, 0.6) is 0 Å². The van der Waals surface area contributed by atoms with Crippen molar-refractivity contribution in [3.05, 3.63) is 95.3 Å². The van der Waals surface area contributed by atoms with Crippen LogP contribution in [-0.2, 0) is 4.74 Å². The minimum atomic E-state index is -1.02. The average molecular weight is 414 g/mol. The van der Waals surface area contributed by atoms with Crippen molar-refractivity contribution in [2.24, 2.45) is 0 Å². The van der Waals surface area contributed by atoms with Crippen LogP contribution in [0.1, 0.15) is 39.5 Å². The Kier molecular flexibility index (Phi) is 6.08. The standard InChI is InChI=1S/C25H22N2O4/c28-24(29)21-12-7-15-26-23(21)13-5-6-14-27-25(30)31-16-22-19-10-3-1-8-17(19)18-9-2-4-11-20(18)22/h1-5,7-13,15,22H,6,14,16H2,(H,27,30)(H,28,29). The van der Waals surface area contributed by atoms with E-state index in [-0.39, 0.29) is 18.1 Å². The highest BCUT2D eigenvalue weighted by molar-refractivity contribution is 5.91. The number of alkyl carbamates (subject to hydrolysis) is 1. The SMILES string of the molecule is O=C(NCCC=Cc1ncccc1C(=O)O)OCC1c2ccccc2-c2ccccc21. The Labute approximate surface area is 180 Å². The van der Waals surface area contributed by atoms with E-state index < -0.39 is 12.1 Å². The first-order valence-electron chi connectivity index (χ1n) is 10.1. The van der Waals surface area contributed by atoms with Crippen molar-refractivity contribution in [1.29, 1.82) is 0 Å². The van der Waals surface area contributed by atoms with Crippen LogP contribution in [0.3, 0.4) is 0 Å². The lowest BCUT2D eigenvalue weighted by molar-refractivity contribution is 0.0696. The first-order chi connectivity index (χ1) is 15.1. The Morgan fingerprint density at radius 2 is 1.68 bits per heavy atom. The molecule has 1 aliphatic carbocycles. The number of aromatic carboxylic acids is 1. The van der Waals surface area contributed by atoms with Crippen LogP contribution in [0.4, 0.5) is 4.79 Å². The third kappa shape index (κ3) is 4.48. The van der Waals surface area contributed by atoms with E-state index in [9.17, 15) is 9.59 Å². The highest BCUT2D eigenvalue weighted by Crippen LogP contribution is 2.44. The Hall–Kier alpha value is -3.93. The van der Waals surface area contributed by atoms with Crippen LogP contribution in [0.25, 0.3) is 17.2 Å². The summed E-state index contributed by atoms with van der Waals surface area (Å²) in [5, 5.41) is 11.9. The third-order valence-corrected chi connectivity index (χ3v) is 5.27. The molecule has 0 atom stereocenters. The molecule has 1 aliphatic rings. The quantitative estimate of drug-likeness (QED) is 0.546. The van der Waals surface area contributed by atoms with E-state index in [1.807, 2.05) is 24.3 Å². The summed E-state index contributed by atoms with van der Waals surface area (Å²) < 4.78 is 5.49. The summed E-state index contributed by atoms with van der Waals surface area (Å²) in [6.45, 7) is 0.647. The number of amides is 1. The molecule has 156 valence electrons. The molecule has 1 aromatic heterocycles. The van der Waals surface area contributed by atoms with Crippen molar-refractivity contribution in [2.75, 3.05) is 13.2 Å². The molecule has 0 saturated heterocycles. The van der Waals surface area contributed by atoms with E-state index in [1.165, 1.54) is 28.3 Å². The summed E-state index contributed by atoms with van der Waals surface area (Å²) in [7, 11) is 0. The zero-order chi connectivity index (χ0) is 21.6. The minimum absolute atomic E-state index is 0.0247. The van der Waals surface area contributed by atoms with E-state index in [2.05, 4.69) is 34.6 Å². The molecule has 0 aliphatic heterocycles. The fourth-order valence-electron chi connectivity index (χ4n) is 3.83. The summed E-state index contributed by atoms with van der Waals surface area (Å²) in [5.74, 6) is -0.999. The van der Waals surface area contributed by atoms with Crippen molar-refractivity contribution < 1.29 is 19.4 Å². The monoisotopic (exact) mass is 414 g/mol. The van der Waals surface area contributed by atoms with E-state index in [4.69, 9.17) is 9.84 Å². The first kappa shape index (κ1) is 20.3. The van der Waals surface area contributed by atoms with Gasteiger partial charge < -0.3 is 15.2 Å². The minimum Gasteiger partial charge on any atom is -0.478 e. The number of aromatic nitrogens is 1. The Morgan fingerprint density at radius 3 is 2.35 bits per heavy atom. The van der Waals surface area contributed by atoms with Gasteiger partial charge in [-0.15, -0.1) is 0 Å². The maximum Gasteiger partial charge on any atom is 0.407 e. The van der Waals surface area contributed by atoms with Crippen molar-refractivity contribution in [2.45, 2.75) is 12.3 Å². The molecule has 0 unspecified atom stereocenters. The summed E-state index contributed by atoms with van der Waals surface area (Å²) in [6, 6.07) is 19.5. The van der Waals surface area contributed by atoms with Gasteiger partial charge in [0, 0.05) is 18.7 Å². The molecule has 0 radical (unpaired) electrons. The Morgan fingerprint density at radius 1 is 1.00 bits per heavy atom. The molecular weight excluding hydrogens is 392 g/mol. The van der Waals surface area contributed by atoms with Gasteiger partial charge in [0.2, 0.25) is 0 Å². The number of rotatable bonds is 7. The molecule has 0 fully saturated rings. The van der Waals surface area contributed by atoms with Gasteiger partial charge in [0.25, 0.3) is 0 Å². The summed E-state index contributed by atoms with van der Waals surface area (Å²) >= 11 is 0. The largest absolute Gasteiger partial charge is 0.478 e.